The zero-order chi connectivity index (χ0) is 12.8. The Morgan fingerprint density at radius 1 is 0.882 bits per heavy atom. The van der Waals surface area contributed by atoms with Crippen LogP contribution in [0, 0.1) is 0 Å². The molecule has 0 spiro atoms. The SMILES string of the molecule is CCCCCCCCCCCOC(=O)OCCl. The first-order valence-corrected chi connectivity index (χ1v) is 7.20. The molecule has 0 radical (unpaired) electrons. The van der Waals surface area contributed by atoms with E-state index in [4.69, 9.17) is 16.3 Å². The van der Waals surface area contributed by atoms with Gasteiger partial charge in [-0.3, -0.25) is 0 Å². The van der Waals surface area contributed by atoms with Crippen LogP contribution < -0.4 is 0 Å². The molecule has 0 amide bonds. The quantitative estimate of drug-likeness (QED) is 0.303. The maximum atomic E-state index is 10.7. The van der Waals surface area contributed by atoms with Crippen LogP contribution in [0.1, 0.15) is 64.7 Å². The second-order valence-corrected chi connectivity index (χ2v) is 4.40. The largest absolute Gasteiger partial charge is 0.509 e. The molecule has 0 bridgehead atoms. The van der Waals surface area contributed by atoms with Gasteiger partial charge in [-0.05, 0) is 6.42 Å². The normalized spacial score (nSPS) is 10.2. The number of carbonyl (C=O) groups excluding carboxylic acids is 1. The molecule has 0 aromatic heterocycles. The lowest BCUT2D eigenvalue weighted by Crippen LogP contribution is -2.07. The van der Waals surface area contributed by atoms with Gasteiger partial charge in [0.2, 0.25) is 0 Å². The summed E-state index contributed by atoms with van der Waals surface area (Å²) in [5.74, 6) is 0. The third-order valence-corrected chi connectivity index (χ3v) is 2.75. The lowest BCUT2D eigenvalue weighted by molar-refractivity contribution is 0.0664. The molecule has 0 saturated heterocycles. The zero-order valence-electron chi connectivity index (χ0n) is 10.9. The number of alkyl halides is 1. The van der Waals surface area contributed by atoms with E-state index < -0.39 is 6.16 Å². The number of hydrogen-bond acceptors (Lipinski definition) is 3. The van der Waals surface area contributed by atoms with Crippen LogP contribution in [0.3, 0.4) is 0 Å². The summed E-state index contributed by atoms with van der Waals surface area (Å²) in [4.78, 5) is 10.7. The lowest BCUT2D eigenvalue weighted by atomic mass is 10.1. The molecule has 0 aromatic rings. The molecule has 0 aliphatic carbocycles. The van der Waals surface area contributed by atoms with Crippen molar-refractivity contribution in [2.24, 2.45) is 0 Å². The number of unbranched alkanes of at least 4 members (excludes halogenated alkanes) is 8. The number of ether oxygens (including phenoxy) is 2. The van der Waals surface area contributed by atoms with Crippen molar-refractivity contribution in [3.63, 3.8) is 0 Å². The van der Waals surface area contributed by atoms with E-state index in [1.165, 1.54) is 44.9 Å². The van der Waals surface area contributed by atoms with Crippen molar-refractivity contribution in [1.29, 1.82) is 0 Å². The Labute approximate surface area is 110 Å². The molecular formula is C13H25ClO3. The molecular weight excluding hydrogens is 240 g/mol. The first-order chi connectivity index (χ1) is 8.31. The Morgan fingerprint density at radius 2 is 1.41 bits per heavy atom. The fourth-order valence-corrected chi connectivity index (χ4v) is 1.74. The molecule has 3 nitrogen and oxygen atoms in total. The van der Waals surface area contributed by atoms with Gasteiger partial charge in [-0.1, -0.05) is 69.9 Å². The molecule has 0 unspecified atom stereocenters. The third-order valence-electron chi connectivity index (χ3n) is 2.64. The Kier molecular flexibility index (Phi) is 13.3. The molecule has 0 rings (SSSR count). The minimum Gasteiger partial charge on any atom is -0.434 e. The van der Waals surface area contributed by atoms with E-state index in [0.717, 1.165) is 12.8 Å². The predicted molar refractivity (Wildman–Crippen MR) is 70.4 cm³/mol. The highest BCUT2D eigenvalue weighted by Crippen LogP contribution is 2.09. The highest BCUT2D eigenvalue weighted by atomic mass is 35.5. The summed E-state index contributed by atoms with van der Waals surface area (Å²) in [6, 6.07) is -0.142. The summed E-state index contributed by atoms with van der Waals surface area (Å²) in [6.45, 7) is 2.67. The van der Waals surface area contributed by atoms with Crippen LogP contribution >= 0.6 is 11.6 Å². The molecule has 17 heavy (non-hydrogen) atoms. The Balaban J connectivity index is 3.01. The number of hydrogen-bond donors (Lipinski definition) is 0. The van der Waals surface area contributed by atoms with Gasteiger partial charge in [0.05, 0.1) is 6.61 Å². The topological polar surface area (TPSA) is 35.5 Å². The summed E-state index contributed by atoms with van der Waals surface area (Å²) in [5, 5.41) is 0. The van der Waals surface area contributed by atoms with Crippen LogP contribution in [-0.2, 0) is 9.47 Å². The first-order valence-electron chi connectivity index (χ1n) is 6.66. The molecule has 0 fully saturated rings. The average Bonchev–Trinajstić information content (AvgIpc) is 2.32. The van der Waals surface area contributed by atoms with E-state index in [2.05, 4.69) is 11.7 Å². The van der Waals surface area contributed by atoms with E-state index in [9.17, 15) is 4.79 Å². The van der Waals surface area contributed by atoms with Crippen molar-refractivity contribution >= 4 is 17.8 Å². The van der Waals surface area contributed by atoms with E-state index in [1.54, 1.807) is 0 Å². The van der Waals surface area contributed by atoms with Crippen molar-refractivity contribution in [2.75, 3.05) is 12.7 Å². The van der Waals surface area contributed by atoms with Crippen LogP contribution in [0.2, 0.25) is 0 Å². The predicted octanol–water partition coefficient (Wildman–Crippen LogP) is 4.87. The molecule has 0 N–H and O–H groups in total. The zero-order valence-corrected chi connectivity index (χ0v) is 11.6. The van der Waals surface area contributed by atoms with Crippen molar-refractivity contribution in [3.8, 4) is 0 Å². The van der Waals surface area contributed by atoms with E-state index in [1.807, 2.05) is 0 Å². The van der Waals surface area contributed by atoms with Gasteiger partial charge in [0.15, 0.2) is 6.07 Å². The standard InChI is InChI=1S/C13H25ClO3/c1-2-3-4-5-6-7-8-9-10-11-16-13(15)17-12-14/h2-12H2,1H3. The van der Waals surface area contributed by atoms with Gasteiger partial charge in [-0.2, -0.15) is 0 Å². The van der Waals surface area contributed by atoms with Crippen molar-refractivity contribution < 1.29 is 14.3 Å². The Bertz CT molecular complexity index is 174. The summed E-state index contributed by atoms with van der Waals surface area (Å²) in [5.41, 5.74) is 0. The smallest absolute Gasteiger partial charge is 0.434 e. The van der Waals surface area contributed by atoms with Gasteiger partial charge in [0.25, 0.3) is 0 Å². The van der Waals surface area contributed by atoms with E-state index in [-0.39, 0.29) is 6.07 Å². The molecule has 0 aliphatic heterocycles. The molecule has 0 aromatic carbocycles. The molecule has 0 heterocycles. The first kappa shape index (κ1) is 16.6. The van der Waals surface area contributed by atoms with Crippen LogP contribution in [0.5, 0.6) is 0 Å². The molecule has 4 heteroatoms. The molecule has 102 valence electrons. The van der Waals surface area contributed by atoms with Crippen molar-refractivity contribution in [3.05, 3.63) is 0 Å². The van der Waals surface area contributed by atoms with Gasteiger partial charge in [0, 0.05) is 0 Å². The lowest BCUT2D eigenvalue weighted by Gasteiger charge is -2.04. The molecule has 0 aliphatic rings. The fraction of sp³-hybridized carbons (Fsp3) is 0.923. The van der Waals surface area contributed by atoms with Crippen LogP contribution in [-0.4, -0.2) is 18.8 Å². The minimum absolute atomic E-state index is 0.142. The summed E-state index contributed by atoms with van der Waals surface area (Å²) >= 11 is 5.21. The second kappa shape index (κ2) is 13.6. The maximum Gasteiger partial charge on any atom is 0.509 e. The van der Waals surface area contributed by atoms with Gasteiger partial charge >= 0.3 is 6.16 Å². The van der Waals surface area contributed by atoms with Crippen molar-refractivity contribution in [2.45, 2.75) is 64.7 Å². The highest BCUT2D eigenvalue weighted by Gasteiger charge is 2.01. The average molecular weight is 265 g/mol. The monoisotopic (exact) mass is 264 g/mol. The number of halogens is 1. The Morgan fingerprint density at radius 3 is 1.94 bits per heavy atom. The van der Waals surface area contributed by atoms with Crippen LogP contribution in [0.25, 0.3) is 0 Å². The van der Waals surface area contributed by atoms with E-state index >= 15 is 0 Å². The Hall–Kier alpha value is -0.440. The highest BCUT2D eigenvalue weighted by molar-refractivity contribution is 6.17. The maximum absolute atomic E-state index is 10.7. The third kappa shape index (κ3) is 13.5. The fourth-order valence-electron chi connectivity index (χ4n) is 1.65. The van der Waals surface area contributed by atoms with Gasteiger partial charge < -0.3 is 9.47 Å². The van der Waals surface area contributed by atoms with Crippen LogP contribution in [0.4, 0.5) is 4.79 Å². The second-order valence-electron chi connectivity index (χ2n) is 4.18. The summed E-state index contributed by atoms with van der Waals surface area (Å²) in [6.07, 6.45) is 10.6. The van der Waals surface area contributed by atoms with Crippen molar-refractivity contribution in [1.82, 2.24) is 0 Å². The van der Waals surface area contributed by atoms with Gasteiger partial charge in [-0.25, -0.2) is 4.79 Å². The number of carbonyl (C=O) groups is 1. The number of rotatable bonds is 11. The summed E-state index contributed by atoms with van der Waals surface area (Å²) < 4.78 is 9.23. The van der Waals surface area contributed by atoms with Gasteiger partial charge in [-0.15, -0.1) is 0 Å². The molecule has 0 saturated carbocycles. The molecule has 0 atom stereocenters. The van der Waals surface area contributed by atoms with Gasteiger partial charge in [0.1, 0.15) is 0 Å². The van der Waals surface area contributed by atoms with Crippen LogP contribution in [0.15, 0.2) is 0 Å². The van der Waals surface area contributed by atoms with E-state index in [0.29, 0.717) is 6.61 Å². The minimum atomic E-state index is -0.667. The summed E-state index contributed by atoms with van der Waals surface area (Å²) in [7, 11) is 0.